The Morgan fingerprint density at radius 1 is 1.73 bits per heavy atom. The average molecular weight is 170 g/mol. The second kappa shape index (κ2) is 2.79. The largest absolute Gasteiger partial charge is 0.477 e. The van der Waals surface area contributed by atoms with Crippen molar-refractivity contribution in [2.24, 2.45) is 0 Å². The number of likely N-dealkylation sites (tertiary alicyclic amines) is 1. The molecule has 0 radical (unpaired) electrons. The van der Waals surface area contributed by atoms with Crippen molar-refractivity contribution < 1.29 is 4.74 Å². The Morgan fingerprint density at radius 2 is 2.55 bits per heavy atom. The molecule has 1 aliphatic rings. The van der Waals surface area contributed by atoms with Crippen molar-refractivity contribution >= 4 is 11.3 Å². The lowest BCUT2D eigenvalue weighted by Gasteiger charge is -2.35. The molecule has 0 saturated carbocycles. The highest BCUT2D eigenvalue weighted by molar-refractivity contribution is 7.11. The Bertz CT molecular complexity index is 218. The second-order valence-electron chi connectivity index (χ2n) is 2.78. The Kier molecular flexibility index (Phi) is 1.79. The van der Waals surface area contributed by atoms with Gasteiger partial charge in [0.25, 0.3) is 0 Å². The number of thiazole rings is 1. The fraction of sp³-hybridized carbons (Fsp3) is 0.571. The van der Waals surface area contributed by atoms with E-state index in [-0.39, 0.29) is 0 Å². The molecule has 1 aromatic rings. The fourth-order valence-electron chi connectivity index (χ4n) is 1.14. The van der Waals surface area contributed by atoms with Crippen molar-refractivity contribution in [3.63, 3.8) is 0 Å². The number of hydrogen-bond donors (Lipinski definition) is 0. The van der Waals surface area contributed by atoms with E-state index in [1.54, 1.807) is 23.0 Å². The van der Waals surface area contributed by atoms with Crippen molar-refractivity contribution in [2.75, 3.05) is 20.1 Å². The standard InChI is InChI=1S/C7H10N2OS/c1-9-3-6(4-9)10-7-2-8-5-11-7/h2,5-6H,3-4H2,1H3. The predicted octanol–water partition coefficient (Wildman–Crippen LogP) is 0.836. The van der Waals surface area contributed by atoms with Gasteiger partial charge in [-0.15, -0.1) is 0 Å². The Balaban J connectivity index is 1.84. The first-order valence-corrected chi connectivity index (χ1v) is 4.46. The first-order chi connectivity index (χ1) is 5.34. The maximum Gasteiger partial charge on any atom is 0.194 e. The summed E-state index contributed by atoms with van der Waals surface area (Å²) in [5, 5.41) is 0.933. The van der Waals surface area contributed by atoms with Gasteiger partial charge in [0.2, 0.25) is 0 Å². The van der Waals surface area contributed by atoms with Gasteiger partial charge in [0.1, 0.15) is 6.10 Å². The average Bonchev–Trinajstić information content (AvgIpc) is 2.36. The van der Waals surface area contributed by atoms with Gasteiger partial charge in [-0.25, -0.2) is 4.98 Å². The summed E-state index contributed by atoms with van der Waals surface area (Å²) in [7, 11) is 2.09. The molecule has 2 heterocycles. The molecule has 1 aliphatic heterocycles. The van der Waals surface area contributed by atoms with Gasteiger partial charge in [-0.05, 0) is 7.05 Å². The van der Waals surface area contributed by atoms with Crippen molar-refractivity contribution in [3.05, 3.63) is 11.7 Å². The van der Waals surface area contributed by atoms with Crippen LogP contribution in [-0.4, -0.2) is 36.1 Å². The second-order valence-corrected chi connectivity index (χ2v) is 3.63. The number of aromatic nitrogens is 1. The Labute approximate surface area is 69.6 Å². The molecule has 0 amide bonds. The summed E-state index contributed by atoms with van der Waals surface area (Å²) in [5.41, 5.74) is 1.79. The van der Waals surface area contributed by atoms with E-state index in [4.69, 9.17) is 4.74 Å². The molecule has 1 aromatic heterocycles. The quantitative estimate of drug-likeness (QED) is 0.657. The minimum atomic E-state index is 0.389. The number of ether oxygens (including phenoxy) is 1. The van der Waals surface area contributed by atoms with Gasteiger partial charge in [0.05, 0.1) is 11.7 Å². The topological polar surface area (TPSA) is 25.4 Å². The van der Waals surface area contributed by atoms with E-state index in [2.05, 4.69) is 16.9 Å². The molecule has 0 spiro atoms. The number of nitrogens with zero attached hydrogens (tertiary/aromatic N) is 2. The van der Waals surface area contributed by atoms with E-state index < -0.39 is 0 Å². The van der Waals surface area contributed by atoms with E-state index in [1.165, 1.54) is 0 Å². The third-order valence-corrected chi connectivity index (χ3v) is 2.38. The van der Waals surface area contributed by atoms with E-state index >= 15 is 0 Å². The summed E-state index contributed by atoms with van der Waals surface area (Å²) >= 11 is 1.55. The normalized spacial score (nSPS) is 19.7. The molecule has 60 valence electrons. The molecule has 1 saturated heterocycles. The van der Waals surface area contributed by atoms with Crippen LogP contribution in [0, 0.1) is 0 Å². The summed E-state index contributed by atoms with van der Waals surface area (Å²) in [6.07, 6.45) is 2.16. The number of rotatable bonds is 2. The lowest BCUT2D eigenvalue weighted by molar-refractivity contribution is 0.0414. The molecule has 2 rings (SSSR count). The highest BCUT2D eigenvalue weighted by Gasteiger charge is 2.24. The molecule has 0 bridgehead atoms. The number of hydrogen-bond acceptors (Lipinski definition) is 4. The van der Waals surface area contributed by atoms with Gasteiger partial charge in [0, 0.05) is 13.1 Å². The third kappa shape index (κ3) is 1.52. The van der Waals surface area contributed by atoms with E-state index in [0.29, 0.717) is 6.10 Å². The summed E-state index contributed by atoms with van der Waals surface area (Å²) in [4.78, 5) is 6.16. The van der Waals surface area contributed by atoms with Gasteiger partial charge in [0.15, 0.2) is 5.06 Å². The van der Waals surface area contributed by atoms with Crippen molar-refractivity contribution in [1.29, 1.82) is 0 Å². The first-order valence-electron chi connectivity index (χ1n) is 3.58. The van der Waals surface area contributed by atoms with Crippen LogP contribution in [0.2, 0.25) is 0 Å². The van der Waals surface area contributed by atoms with Crippen LogP contribution >= 0.6 is 11.3 Å². The molecular formula is C7H10N2OS. The molecule has 0 unspecified atom stereocenters. The van der Waals surface area contributed by atoms with Crippen LogP contribution in [0.5, 0.6) is 5.06 Å². The lowest BCUT2D eigenvalue weighted by Crippen LogP contribution is -2.51. The van der Waals surface area contributed by atoms with E-state index in [1.807, 2.05) is 0 Å². The molecule has 0 aromatic carbocycles. The fourth-order valence-corrected chi connectivity index (χ4v) is 1.68. The molecule has 4 heteroatoms. The zero-order valence-corrected chi connectivity index (χ0v) is 7.17. The smallest absolute Gasteiger partial charge is 0.194 e. The van der Waals surface area contributed by atoms with Gasteiger partial charge in [-0.3, -0.25) is 4.90 Å². The van der Waals surface area contributed by atoms with Crippen molar-refractivity contribution in [1.82, 2.24) is 9.88 Å². The molecule has 11 heavy (non-hydrogen) atoms. The molecule has 1 fully saturated rings. The predicted molar refractivity (Wildman–Crippen MR) is 44.0 cm³/mol. The lowest BCUT2D eigenvalue weighted by atomic mass is 10.2. The summed E-state index contributed by atoms with van der Waals surface area (Å²) in [5.74, 6) is 0. The van der Waals surface area contributed by atoms with Gasteiger partial charge in [-0.1, -0.05) is 11.3 Å². The summed E-state index contributed by atoms with van der Waals surface area (Å²) in [6, 6.07) is 0. The Morgan fingerprint density at radius 3 is 3.09 bits per heavy atom. The van der Waals surface area contributed by atoms with Gasteiger partial charge in [-0.2, -0.15) is 0 Å². The van der Waals surface area contributed by atoms with Crippen LogP contribution in [0.1, 0.15) is 0 Å². The monoisotopic (exact) mass is 170 g/mol. The van der Waals surface area contributed by atoms with Gasteiger partial charge >= 0.3 is 0 Å². The van der Waals surface area contributed by atoms with E-state index in [0.717, 1.165) is 18.2 Å². The van der Waals surface area contributed by atoms with Crippen LogP contribution in [0.25, 0.3) is 0 Å². The Hall–Kier alpha value is -0.610. The zero-order chi connectivity index (χ0) is 7.68. The minimum Gasteiger partial charge on any atom is -0.477 e. The van der Waals surface area contributed by atoms with Crippen LogP contribution < -0.4 is 4.74 Å². The zero-order valence-electron chi connectivity index (χ0n) is 6.36. The summed E-state index contributed by atoms with van der Waals surface area (Å²) < 4.78 is 5.58. The van der Waals surface area contributed by atoms with Crippen LogP contribution in [0.3, 0.4) is 0 Å². The molecule has 0 atom stereocenters. The molecule has 3 nitrogen and oxygen atoms in total. The minimum absolute atomic E-state index is 0.389. The van der Waals surface area contributed by atoms with Crippen molar-refractivity contribution in [3.8, 4) is 5.06 Å². The maximum atomic E-state index is 5.58. The SMILES string of the molecule is CN1CC(Oc2cncs2)C1. The highest BCUT2D eigenvalue weighted by Crippen LogP contribution is 2.20. The highest BCUT2D eigenvalue weighted by atomic mass is 32.1. The molecule has 0 N–H and O–H groups in total. The van der Waals surface area contributed by atoms with Crippen LogP contribution in [0.15, 0.2) is 11.7 Å². The molecule has 0 aliphatic carbocycles. The van der Waals surface area contributed by atoms with E-state index in [9.17, 15) is 0 Å². The van der Waals surface area contributed by atoms with Crippen molar-refractivity contribution in [2.45, 2.75) is 6.10 Å². The maximum absolute atomic E-state index is 5.58. The van der Waals surface area contributed by atoms with Crippen LogP contribution in [0.4, 0.5) is 0 Å². The summed E-state index contributed by atoms with van der Waals surface area (Å²) in [6.45, 7) is 2.08. The van der Waals surface area contributed by atoms with Crippen LogP contribution in [-0.2, 0) is 0 Å². The van der Waals surface area contributed by atoms with Gasteiger partial charge < -0.3 is 4.74 Å². The number of likely N-dealkylation sites (N-methyl/N-ethyl adjacent to an activating group) is 1. The third-order valence-electron chi connectivity index (χ3n) is 1.72. The molecular weight excluding hydrogens is 160 g/mol. The first kappa shape index (κ1) is 7.06.